The average Bonchev–Trinajstić information content (AvgIpc) is 2.83. The smallest absolute Gasteiger partial charge is 0.387 e. The van der Waals surface area contributed by atoms with Crippen molar-refractivity contribution in [3.63, 3.8) is 0 Å². The lowest BCUT2D eigenvalue weighted by atomic mass is 9.86. The van der Waals surface area contributed by atoms with E-state index in [1.807, 2.05) is 55.5 Å². The second-order valence-corrected chi connectivity index (χ2v) is 8.38. The Morgan fingerprint density at radius 3 is 2.56 bits per heavy atom. The number of anilines is 1. The van der Waals surface area contributed by atoms with E-state index in [9.17, 15) is 8.78 Å². The SMILES string of the molecule is CCNc1ccccc1-c1ccc2c(c1)C(c1cccc(Cl)c1)Oc1cccc(OC(F)F)c1-2. The summed E-state index contributed by atoms with van der Waals surface area (Å²) in [5.74, 6) is 0.565. The fourth-order valence-electron chi connectivity index (χ4n) is 4.43. The predicted molar refractivity (Wildman–Crippen MR) is 132 cm³/mol. The summed E-state index contributed by atoms with van der Waals surface area (Å²) < 4.78 is 37.6. The van der Waals surface area contributed by atoms with E-state index in [4.69, 9.17) is 21.1 Å². The van der Waals surface area contributed by atoms with Crippen LogP contribution in [0.2, 0.25) is 5.02 Å². The number of rotatable bonds is 6. The molecule has 34 heavy (non-hydrogen) atoms. The zero-order valence-electron chi connectivity index (χ0n) is 18.4. The van der Waals surface area contributed by atoms with E-state index in [2.05, 4.69) is 17.4 Å². The van der Waals surface area contributed by atoms with Gasteiger partial charge >= 0.3 is 6.61 Å². The highest BCUT2D eigenvalue weighted by atomic mass is 35.5. The molecule has 6 heteroatoms. The topological polar surface area (TPSA) is 30.5 Å². The van der Waals surface area contributed by atoms with Crippen LogP contribution in [0.1, 0.15) is 24.2 Å². The van der Waals surface area contributed by atoms with Gasteiger partial charge in [-0.05, 0) is 60.0 Å². The molecule has 1 aliphatic heterocycles. The van der Waals surface area contributed by atoms with Crippen molar-refractivity contribution in [3.05, 3.63) is 101 Å². The van der Waals surface area contributed by atoms with Crippen LogP contribution in [0.4, 0.5) is 14.5 Å². The molecule has 0 fully saturated rings. The van der Waals surface area contributed by atoms with E-state index in [0.717, 1.165) is 40.0 Å². The molecule has 3 nitrogen and oxygen atoms in total. The average molecular weight is 478 g/mol. The Hall–Kier alpha value is -3.57. The van der Waals surface area contributed by atoms with Crippen LogP contribution >= 0.6 is 11.6 Å². The molecule has 4 aromatic carbocycles. The van der Waals surface area contributed by atoms with Crippen molar-refractivity contribution in [2.24, 2.45) is 0 Å². The van der Waals surface area contributed by atoms with E-state index in [-0.39, 0.29) is 5.75 Å². The molecule has 0 spiro atoms. The first-order chi connectivity index (χ1) is 16.5. The van der Waals surface area contributed by atoms with Gasteiger partial charge in [0.15, 0.2) is 0 Å². The highest BCUT2D eigenvalue weighted by Crippen LogP contribution is 2.50. The molecule has 1 atom stereocenters. The van der Waals surface area contributed by atoms with Crippen molar-refractivity contribution in [1.29, 1.82) is 0 Å². The molecule has 5 rings (SSSR count). The Labute approximate surface area is 201 Å². The van der Waals surface area contributed by atoms with Crippen molar-refractivity contribution in [1.82, 2.24) is 0 Å². The molecule has 1 heterocycles. The normalized spacial score (nSPS) is 14.2. The van der Waals surface area contributed by atoms with Gasteiger partial charge in [-0.3, -0.25) is 0 Å². The van der Waals surface area contributed by atoms with E-state index in [1.165, 1.54) is 6.07 Å². The summed E-state index contributed by atoms with van der Waals surface area (Å²) in [5, 5.41) is 3.99. The molecule has 1 N–H and O–H groups in total. The van der Waals surface area contributed by atoms with Crippen molar-refractivity contribution in [3.8, 4) is 33.8 Å². The zero-order valence-corrected chi connectivity index (χ0v) is 19.2. The fraction of sp³-hybridized carbons (Fsp3) is 0.143. The van der Waals surface area contributed by atoms with Crippen molar-refractivity contribution in [2.45, 2.75) is 19.6 Å². The third kappa shape index (κ3) is 4.19. The van der Waals surface area contributed by atoms with Gasteiger partial charge in [0.1, 0.15) is 17.6 Å². The van der Waals surface area contributed by atoms with E-state index in [0.29, 0.717) is 16.3 Å². The number of benzene rings is 4. The van der Waals surface area contributed by atoms with Crippen LogP contribution in [0.5, 0.6) is 11.5 Å². The largest absolute Gasteiger partial charge is 0.480 e. The number of fused-ring (bicyclic) bond motifs is 3. The summed E-state index contributed by atoms with van der Waals surface area (Å²) in [5.41, 5.74) is 6.07. The molecule has 0 bridgehead atoms. The summed E-state index contributed by atoms with van der Waals surface area (Å²) in [4.78, 5) is 0. The van der Waals surface area contributed by atoms with Gasteiger partial charge in [-0.2, -0.15) is 8.78 Å². The van der Waals surface area contributed by atoms with Crippen molar-refractivity contribution < 1.29 is 18.3 Å². The molecule has 0 amide bonds. The van der Waals surface area contributed by atoms with Gasteiger partial charge in [0.25, 0.3) is 0 Å². The fourth-order valence-corrected chi connectivity index (χ4v) is 4.63. The maximum Gasteiger partial charge on any atom is 0.387 e. The van der Waals surface area contributed by atoms with Crippen LogP contribution in [-0.4, -0.2) is 13.2 Å². The standard InChI is InChI=1S/C28H22ClF2NO2/c1-2-32-23-10-4-3-9-20(23)17-13-14-21-22(16-17)27(18-7-5-8-19(29)15-18)33-24-11-6-12-25(26(21)24)34-28(30)31/h3-16,27-28,32H,2H2,1H3. The van der Waals surface area contributed by atoms with Gasteiger partial charge in [-0.15, -0.1) is 0 Å². The Kier molecular flexibility index (Phi) is 6.12. The van der Waals surface area contributed by atoms with Gasteiger partial charge < -0.3 is 14.8 Å². The molecule has 1 aliphatic rings. The first kappa shape index (κ1) is 22.2. The second kappa shape index (κ2) is 9.35. The lowest BCUT2D eigenvalue weighted by molar-refractivity contribution is -0.0496. The summed E-state index contributed by atoms with van der Waals surface area (Å²) in [6.07, 6.45) is -0.464. The minimum atomic E-state index is -2.94. The maximum atomic E-state index is 13.2. The highest BCUT2D eigenvalue weighted by Gasteiger charge is 2.31. The molecule has 0 saturated carbocycles. The summed E-state index contributed by atoms with van der Waals surface area (Å²) in [6, 6.07) is 26.5. The number of hydrogen-bond acceptors (Lipinski definition) is 3. The Morgan fingerprint density at radius 1 is 0.941 bits per heavy atom. The number of hydrogen-bond donors (Lipinski definition) is 1. The quantitative estimate of drug-likeness (QED) is 0.303. The Morgan fingerprint density at radius 2 is 1.76 bits per heavy atom. The molecular formula is C28H22ClF2NO2. The highest BCUT2D eigenvalue weighted by molar-refractivity contribution is 6.30. The van der Waals surface area contributed by atoms with E-state index in [1.54, 1.807) is 18.2 Å². The predicted octanol–water partition coefficient (Wildman–Crippen LogP) is 8.19. The van der Waals surface area contributed by atoms with Crippen molar-refractivity contribution in [2.75, 3.05) is 11.9 Å². The zero-order chi connectivity index (χ0) is 23.7. The van der Waals surface area contributed by atoms with Crippen LogP contribution in [0.25, 0.3) is 22.3 Å². The molecule has 0 aliphatic carbocycles. The lowest BCUT2D eigenvalue weighted by Crippen LogP contribution is -2.17. The number of alkyl halides is 2. The van der Waals surface area contributed by atoms with Crippen molar-refractivity contribution >= 4 is 17.3 Å². The molecule has 0 radical (unpaired) electrons. The Balaban J connectivity index is 1.72. The molecular weight excluding hydrogens is 456 g/mol. The van der Waals surface area contributed by atoms with Crippen LogP contribution < -0.4 is 14.8 Å². The van der Waals surface area contributed by atoms with E-state index >= 15 is 0 Å². The lowest BCUT2D eigenvalue weighted by Gasteiger charge is -2.31. The number of halogens is 3. The summed E-state index contributed by atoms with van der Waals surface area (Å²) in [7, 11) is 0. The molecule has 0 aromatic heterocycles. The van der Waals surface area contributed by atoms with Crippen LogP contribution in [-0.2, 0) is 0 Å². The number of ether oxygens (including phenoxy) is 2. The first-order valence-corrected chi connectivity index (χ1v) is 11.4. The van der Waals surface area contributed by atoms with Crippen LogP contribution in [0.3, 0.4) is 0 Å². The minimum Gasteiger partial charge on any atom is -0.480 e. The number of para-hydroxylation sites is 1. The first-order valence-electron chi connectivity index (χ1n) is 11.0. The van der Waals surface area contributed by atoms with Gasteiger partial charge in [0, 0.05) is 28.4 Å². The Bertz CT molecular complexity index is 1340. The summed E-state index contributed by atoms with van der Waals surface area (Å²) in [6.45, 7) is -0.0988. The molecule has 4 aromatic rings. The van der Waals surface area contributed by atoms with Gasteiger partial charge in [-0.1, -0.05) is 60.1 Å². The molecule has 172 valence electrons. The third-order valence-corrected chi connectivity index (χ3v) is 6.04. The minimum absolute atomic E-state index is 0.0825. The third-order valence-electron chi connectivity index (χ3n) is 5.81. The van der Waals surface area contributed by atoms with Gasteiger partial charge in [0.05, 0.1) is 5.56 Å². The monoisotopic (exact) mass is 477 g/mol. The molecule has 1 unspecified atom stereocenters. The van der Waals surface area contributed by atoms with Crippen LogP contribution in [0.15, 0.2) is 84.9 Å². The summed E-state index contributed by atoms with van der Waals surface area (Å²) >= 11 is 6.29. The maximum absolute atomic E-state index is 13.2. The van der Waals surface area contributed by atoms with Gasteiger partial charge in [0.2, 0.25) is 0 Å². The van der Waals surface area contributed by atoms with Crippen LogP contribution in [0, 0.1) is 0 Å². The van der Waals surface area contributed by atoms with E-state index < -0.39 is 12.7 Å². The molecule has 0 saturated heterocycles. The van der Waals surface area contributed by atoms with Gasteiger partial charge in [-0.25, -0.2) is 0 Å². The number of nitrogens with one attached hydrogen (secondary N) is 1. The second-order valence-electron chi connectivity index (χ2n) is 7.94.